The molecule has 2 aromatic rings. The quantitative estimate of drug-likeness (QED) is 0.747. The maximum Gasteiger partial charge on any atom is 0.253 e. The maximum atomic E-state index is 12.9. The highest BCUT2D eigenvalue weighted by molar-refractivity contribution is 7.89. The first-order chi connectivity index (χ1) is 14.9. The molecule has 162 valence electrons. The number of nitriles is 1. The Labute approximate surface area is 183 Å². The van der Waals surface area contributed by atoms with Crippen LogP contribution in [-0.2, 0) is 16.6 Å². The summed E-state index contributed by atoms with van der Waals surface area (Å²) in [6.45, 7) is 3.75. The van der Waals surface area contributed by atoms with Gasteiger partial charge in [-0.1, -0.05) is 12.1 Å². The molecule has 4 rings (SSSR count). The number of rotatable bonds is 6. The first-order valence-electron chi connectivity index (χ1n) is 10.6. The Morgan fingerprint density at radius 2 is 1.71 bits per heavy atom. The zero-order valence-corrected chi connectivity index (χ0v) is 18.1. The van der Waals surface area contributed by atoms with Crippen molar-refractivity contribution in [3.8, 4) is 6.07 Å². The van der Waals surface area contributed by atoms with E-state index < -0.39 is 10.0 Å². The molecule has 31 heavy (non-hydrogen) atoms. The van der Waals surface area contributed by atoms with Crippen molar-refractivity contribution in [2.75, 3.05) is 26.2 Å². The molecule has 0 unspecified atom stereocenters. The fraction of sp³-hybridized carbons (Fsp3) is 0.391. The molecule has 1 amide bonds. The van der Waals surface area contributed by atoms with Crippen molar-refractivity contribution < 1.29 is 13.2 Å². The fourth-order valence-corrected chi connectivity index (χ4v) is 5.03. The Morgan fingerprint density at radius 3 is 2.35 bits per heavy atom. The molecule has 7 nitrogen and oxygen atoms in total. The summed E-state index contributed by atoms with van der Waals surface area (Å²) in [4.78, 5) is 17.3. The van der Waals surface area contributed by atoms with Gasteiger partial charge in [0.25, 0.3) is 5.91 Å². The Hall–Kier alpha value is -2.73. The summed E-state index contributed by atoms with van der Waals surface area (Å²) >= 11 is 0. The van der Waals surface area contributed by atoms with Crippen LogP contribution < -0.4 is 4.72 Å². The van der Waals surface area contributed by atoms with E-state index in [4.69, 9.17) is 5.26 Å². The molecule has 1 aliphatic carbocycles. The number of nitrogens with one attached hydrogen (secondary N) is 1. The van der Waals surface area contributed by atoms with Gasteiger partial charge in [-0.15, -0.1) is 0 Å². The monoisotopic (exact) mass is 438 g/mol. The molecule has 1 saturated heterocycles. The van der Waals surface area contributed by atoms with E-state index in [0.717, 1.165) is 44.5 Å². The van der Waals surface area contributed by atoms with Crippen LogP contribution in [0.3, 0.4) is 0 Å². The molecule has 2 aliphatic rings. The number of hydrogen-bond donors (Lipinski definition) is 1. The van der Waals surface area contributed by atoms with Gasteiger partial charge in [-0.3, -0.25) is 9.69 Å². The molecule has 1 saturated carbocycles. The van der Waals surface area contributed by atoms with Gasteiger partial charge < -0.3 is 4.90 Å². The third-order valence-electron chi connectivity index (χ3n) is 5.68. The van der Waals surface area contributed by atoms with Crippen molar-refractivity contribution in [1.82, 2.24) is 14.5 Å². The van der Waals surface area contributed by atoms with E-state index in [1.54, 1.807) is 12.1 Å². The van der Waals surface area contributed by atoms with Gasteiger partial charge >= 0.3 is 0 Å². The molecule has 0 bridgehead atoms. The minimum absolute atomic E-state index is 0.0515. The number of carbonyl (C=O) groups is 1. The van der Waals surface area contributed by atoms with Crippen LogP contribution in [0.2, 0.25) is 0 Å². The second-order valence-corrected chi connectivity index (χ2v) is 9.86. The van der Waals surface area contributed by atoms with Gasteiger partial charge in [0.1, 0.15) is 0 Å². The van der Waals surface area contributed by atoms with E-state index in [9.17, 15) is 13.2 Å². The second-order valence-electron chi connectivity index (χ2n) is 8.15. The lowest BCUT2D eigenvalue weighted by atomic mass is 10.1. The van der Waals surface area contributed by atoms with E-state index in [-0.39, 0.29) is 16.8 Å². The largest absolute Gasteiger partial charge is 0.337 e. The van der Waals surface area contributed by atoms with Gasteiger partial charge in [-0.25, -0.2) is 13.1 Å². The Kier molecular flexibility index (Phi) is 6.37. The number of sulfonamides is 1. The Morgan fingerprint density at radius 1 is 1.00 bits per heavy atom. The summed E-state index contributed by atoms with van der Waals surface area (Å²) in [5.41, 5.74) is 2.31. The first kappa shape index (κ1) is 21.5. The lowest BCUT2D eigenvalue weighted by Crippen LogP contribution is -2.35. The van der Waals surface area contributed by atoms with Gasteiger partial charge in [0, 0.05) is 44.3 Å². The SMILES string of the molecule is N#Cc1ccc(CN2CCCN(C(=O)c3ccc(S(=O)(=O)NC4CC4)cc3)CC2)cc1. The minimum Gasteiger partial charge on any atom is -0.337 e. The zero-order chi connectivity index (χ0) is 21.8. The van der Waals surface area contributed by atoms with Crippen molar-refractivity contribution >= 4 is 15.9 Å². The number of hydrogen-bond acceptors (Lipinski definition) is 5. The van der Waals surface area contributed by atoms with Crippen LogP contribution in [0.1, 0.15) is 40.7 Å². The fourth-order valence-electron chi connectivity index (χ4n) is 3.72. The summed E-state index contributed by atoms with van der Waals surface area (Å²) in [6, 6.07) is 16.0. The third-order valence-corrected chi connectivity index (χ3v) is 7.21. The van der Waals surface area contributed by atoms with Crippen LogP contribution in [0.4, 0.5) is 0 Å². The van der Waals surface area contributed by atoms with Crippen molar-refractivity contribution in [2.45, 2.75) is 36.7 Å². The molecule has 0 spiro atoms. The van der Waals surface area contributed by atoms with Gasteiger partial charge in [-0.05, 0) is 61.2 Å². The predicted molar refractivity (Wildman–Crippen MR) is 117 cm³/mol. The van der Waals surface area contributed by atoms with Gasteiger partial charge in [0.15, 0.2) is 0 Å². The summed E-state index contributed by atoms with van der Waals surface area (Å²) in [5.74, 6) is -0.0701. The van der Waals surface area contributed by atoms with Crippen LogP contribution in [-0.4, -0.2) is 56.3 Å². The molecule has 2 fully saturated rings. The van der Waals surface area contributed by atoms with Gasteiger partial charge in [0.2, 0.25) is 10.0 Å². The van der Waals surface area contributed by atoms with Crippen LogP contribution >= 0.6 is 0 Å². The highest BCUT2D eigenvalue weighted by Gasteiger charge is 2.28. The molecule has 0 aromatic heterocycles. The summed E-state index contributed by atoms with van der Waals surface area (Å²) in [6.07, 6.45) is 2.64. The van der Waals surface area contributed by atoms with Crippen LogP contribution in [0.5, 0.6) is 0 Å². The topological polar surface area (TPSA) is 93.5 Å². The zero-order valence-electron chi connectivity index (χ0n) is 17.3. The molecular weight excluding hydrogens is 412 g/mol. The molecule has 2 aromatic carbocycles. The standard InChI is InChI=1S/C23H26N4O3S/c24-16-18-2-4-19(5-3-18)17-26-12-1-13-27(15-14-26)23(28)20-6-10-22(11-7-20)31(29,30)25-21-8-9-21/h2-7,10-11,21,25H,1,8-9,12-15,17H2. The van der Waals surface area contributed by atoms with Gasteiger partial charge in [-0.2, -0.15) is 5.26 Å². The lowest BCUT2D eigenvalue weighted by Gasteiger charge is -2.22. The van der Waals surface area contributed by atoms with Crippen LogP contribution in [0.25, 0.3) is 0 Å². The van der Waals surface area contributed by atoms with Gasteiger partial charge in [0.05, 0.1) is 16.5 Å². The average Bonchev–Trinajstić information content (AvgIpc) is 3.61. The smallest absolute Gasteiger partial charge is 0.253 e. The van der Waals surface area contributed by atoms with E-state index in [0.29, 0.717) is 24.2 Å². The molecule has 0 radical (unpaired) electrons. The molecule has 0 atom stereocenters. The number of nitrogens with zero attached hydrogens (tertiary/aromatic N) is 3. The third kappa shape index (κ3) is 5.50. The average molecular weight is 439 g/mol. The van der Waals surface area contributed by atoms with Crippen molar-refractivity contribution in [3.05, 3.63) is 65.2 Å². The molecule has 1 heterocycles. The Balaban J connectivity index is 1.35. The van der Waals surface area contributed by atoms with Crippen molar-refractivity contribution in [2.24, 2.45) is 0 Å². The molecule has 8 heteroatoms. The van der Waals surface area contributed by atoms with Crippen LogP contribution in [0.15, 0.2) is 53.4 Å². The number of carbonyl (C=O) groups excluding carboxylic acids is 1. The van der Waals surface area contributed by atoms with E-state index in [2.05, 4.69) is 15.7 Å². The van der Waals surface area contributed by atoms with Crippen molar-refractivity contribution in [3.63, 3.8) is 0 Å². The maximum absolute atomic E-state index is 12.9. The first-order valence-corrected chi connectivity index (χ1v) is 12.1. The summed E-state index contributed by atoms with van der Waals surface area (Å²) in [7, 11) is -3.51. The minimum atomic E-state index is -3.51. The second kappa shape index (κ2) is 9.18. The normalized spacial score (nSPS) is 17.7. The highest BCUT2D eigenvalue weighted by Crippen LogP contribution is 2.22. The number of benzene rings is 2. The molecule has 1 N–H and O–H groups in total. The highest BCUT2D eigenvalue weighted by atomic mass is 32.2. The van der Waals surface area contributed by atoms with E-state index in [1.165, 1.54) is 12.1 Å². The lowest BCUT2D eigenvalue weighted by molar-refractivity contribution is 0.0761. The Bertz CT molecular complexity index is 1070. The van der Waals surface area contributed by atoms with Crippen LogP contribution in [0, 0.1) is 11.3 Å². The van der Waals surface area contributed by atoms with Crippen molar-refractivity contribution in [1.29, 1.82) is 5.26 Å². The summed E-state index contributed by atoms with van der Waals surface area (Å²) in [5, 5.41) is 8.92. The predicted octanol–water partition coefficient (Wildman–Crippen LogP) is 2.35. The number of amides is 1. The van der Waals surface area contributed by atoms with E-state index in [1.807, 2.05) is 29.2 Å². The molecule has 1 aliphatic heterocycles. The summed E-state index contributed by atoms with van der Waals surface area (Å²) < 4.78 is 27.3. The molecular formula is C23H26N4O3S. The van der Waals surface area contributed by atoms with E-state index >= 15 is 0 Å².